The molecule has 1 heterocycles. The average molecular weight is 329 g/mol. The standard InChI is InChI=1S/C19H20FNO3/c1-14-5-2-3-8-17(14)24-13-19(23)9-10-21(12-19)18(22)15-6-4-7-16(20)11-15/h2-8,11,23H,9-10,12-13H2,1H3/t19-/m1/s1. The number of benzene rings is 2. The van der Waals surface area contributed by atoms with Crippen LogP contribution < -0.4 is 4.74 Å². The first kappa shape index (κ1) is 16.5. The summed E-state index contributed by atoms with van der Waals surface area (Å²) < 4.78 is 19.0. The second kappa shape index (κ2) is 6.61. The number of ether oxygens (including phenoxy) is 1. The number of rotatable bonds is 4. The van der Waals surface area contributed by atoms with Gasteiger partial charge in [-0.15, -0.1) is 0 Å². The van der Waals surface area contributed by atoms with Crippen LogP contribution in [0.1, 0.15) is 22.3 Å². The Morgan fingerprint density at radius 1 is 1.29 bits per heavy atom. The van der Waals surface area contributed by atoms with Crippen LogP contribution in [0.5, 0.6) is 5.75 Å². The molecule has 1 N–H and O–H groups in total. The number of aliphatic hydroxyl groups is 1. The third-order valence-corrected chi connectivity index (χ3v) is 4.28. The number of aryl methyl sites for hydroxylation is 1. The third-order valence-electron chi connectivity index (χ3n) is 4.28. The van der Waals surface area contributed by atoms with Crippen LogP contribution >= 0.6 is 0 Å². The highest BCUT2D eigenvalue weighted by atomic mass is 19.1. The zero-order valence-electron chi connectivity index (χ0n) is 13.5. The van der Waals surface area contributed by atoms with Gasteiger partial charge in [-0.1, -0.05) is 24.3 Å². The first-order chi connectivity index (χ1) is 11.5. The molecule has 2 aromatic carbocycles. The topological polar surface area (TPSA) is 49.8 Å². The number of para-hydroxylation sites is 1. The first-order valence-electron chi connectivity index (χ1n) is 7.92. The van der Waals surface area contributed by atoms with E-state index in [1.807, 2.05) is 31.2 Å². The molecule has 0 aliphatic carbocycles. The lowest BCUT2D eigenvalue weighted by atomic mass is 10.1. The zero-order valence-corrected chi connectivity index (χ0v) is 13.5. The fourth-order valence-corrected chi connectivity index (χ4v) is 2.88. The highest BCUT2D eigenvalue weighted by Gasteiger charge is 2.39. The van der Waals surface area contributed by atoms with Crippen LogP contribution in [-0.2, 0) is 0 Å². The Morgan fingerprint density at radius 3 is 2.83 bits per heavy atom. The molecule has 5 heteroatoms. The fraction of sp³-hybridized carbons (Fsp3) is 0.316. The van der Waals surface area contributed by atoms with Crippen LogP contribution in [0.4, 0.5) is 4.39 Å². The van der Waals surface area contributed by atoms with Crippen molar-refractivity contribution >= 4 is 5.91 Å². The largest absolute Gasteiger partial charge is 0.490 e. The molecule has 0 spiro atoms. The normalized spacial score (nSPS) is 20.2. The second-order valence-electron chi connectivity index (χ2n) is 6.27. The summed E-state index contributed by atoms with van der Waals surface area (Å²) in [5, 5.41) is 10.7. The Morgan fingerprint density at radius 2 is 2.08 bits per heavy atom. The minimum absolute atomic E-state index is 0.116. The maximum atomic E-state index is 13.3. The molecule has 1 aliphatic heterocycles. The summed E-state index contributed by atoms with van der Waals surface area (Å²) in [5.41, 5.74) is 0.191. The highest BCUT2D eigenvalue weighted by molar-refractivity contribution is 5.94. The van der Waals surface area contributed by atoms with Gasteiger partial charge in [0.05, 0.1) is 6.54 Å². The molecular weight excluding hydrogens is 309 g/mol. The molecule has 1 fully saturated rings. The molecule has 2 aromatic rings. The number of hydrogen-bond acceptors (Lipinski definition) is 3. The van der Waals surface area contributed by atoms with E-state index in [0.29, 0.717) is 18.5 Å². The van der Waals surface area contributed by atoms with Crippen molar-refractivity contribution in [3.05, 3.63) is 65.5 Å². The van der Waals surface area contributed by atoms with Crippen molar-refractivity contribution in [2.45, 2.75) is 18.9 Å². The van der Waals surface area contributed by atoms with Crippen molar-refractivity contribution in [1.29, 1.82) is 0 Å². The van der Waals surface area contributed by atoms with E-state index >= 15 is 0 Å². The predicted octanol–water partition coefficient (Wildman–Crippen LogP) is 2.79. The van der Waals surface area contributed by atoms with E-state index in [0.717, 1.165) is 11.3 Å². The van der Waals surface area contributed by atoms with E-state index in [9.17, 15) is 14.3 Å². The van der Waals surface area contributed by atoms with E-state index in [-0.39, 0.29) is 19.1 Å². The molecule has 1 saturated heterocycles. The quantitative estimate of drug-likeness (QED) is 0.938. The fourth-order valence-electron chi connectivity index (χ4n) is 2.88. The molecule has 126 valence electrons. The van der Waals surface area contributed by atoms with E-state index in [1.54, 1.807) is 6.07 Å². The van der Waals surface area contributed by atoms with Gasteiger partial charge < -0.3 is 14.7 Å². The smallest absolute Gasteiger partial charge is 0.254 e. The lowest BCUT2D eigenvalue weighted by molar-refractivity contribution is 0.00412. The van der Waals surface area contributed by atoms with Crippen LogP contribution in [0.25, 0.3) is 0 Å². The second-order valence-corrected chi connectivity index (χ2v) is 6.27. The lowest BCUT2D eigenvalue weighted by Gasteiger charge is -2.24. The van der Waals surface area contributed by atoms with Crippen molar-refractivity contribution in [2.75, 3.05) is 19.7 Å². The maximum absolute atomic E-state index is 13.3. The van der Waals surface area contributed by atoms with Gasteiger partial charge in [0.2, 0.25) is 0 Å². The number of amides is 1. The molecule has 1 aliphatic rings. The summed E-state index contributed by atoms with van der Waals surface area (Å²) in [7, 11) is 0. The van der Waals surface area contributed by atoms with Gasteiger partial charge in [-0.3, -0.25) is 4.79 Å². The van der Waals surface area contributed by atoms with Crippen LogP contribution in [0, 0.1) is 12.7 Å². The summed E-state index contributed by atoms with van der Waals surface area (Å²) in [5.74, 6) is 0.000318. The van der Waals surface area contributed by atoms with Crippen LogP contribution in [-0.4, -0.2) is 41.2 Å². The number of carbonyl (C=O) groups excluding carboxylic acids is 1. The number of nitrogens with zero attached hydrogens (tertiary/aromatic N) is 1. The molecule has 0 bridgehead atoms. The monoisotopic (exact) mass is 329 g/mol. The highest BCUT2D eigenvalue weighted by Crippen LogP contribution is 2.25. The van der Waals surface area contributed by atoms with Gasteiger partial charge in [0.25, 0.3) is 5.91 Å². The molecule has 3 rings (SSSR count). The van der Waals surface area contributed by atoms with E-state index in [2.05, 4.69) is 0 Å². The molecule has 0 saturated carbocycles. The number of hydrogen-bond donors (Lipinski definition) is 1. The summed E-state index contributed by atoms with van der Waals surface area (Å²) in [6, 6.07) is 13.2. The van der Waals surface area contributed by atoms with Gasteiger partial charge in [0.15, 0.2) is 0 Å². The Bertz CT molecular complexity index is 749. The molecule has 0 aromatic heterocycles. The lowest BCUT2D eigenvalue weighted by Crippen LogP contribution is -2.40. The maximum Gasteiger partial charge on any atom is 0.254 e. The number of halogens is 1. The summed E-state index contributed by atoms with van der Waals surface area (Å²) in [4.78, 5) is 14.0. The molecule has 4 nitrogen and oxygen atoms in total. The van der Waals surface area contributed by atoms with E-state index in [1.165, 1.54) is 23.1 Å². The van der Waals surface area contributed by atoms with Crippen LogP contribution in [0.2, 0.25) is 0 Å². The molecule has 1 atom stereocenters. The third kappa shape index (κ3) is 3.57. The van der Waals surface area contributed by atoms with Gasteiger partial charge in [-0.25, -0.2) is 4.39 Å². The summed E-state index contributed by atoms with van der Waals surface area (Å²) >= 11 is 0. The Hall–Kier alpha value is -2.40. The van der Waals surface area contributed by atoms with Gasteiger partial charge in [-0.2, -0.15) is 0 Å². The van der Waals surface area contributed by atoms with Crippen LogP contribution in [0.3, 0.4) is 0 Å². The zero-order chi connectivity index (χ0) is 17.2. The number of β-amino-alcohol motifs (C(OH)–C–C–N with tert-alkyl or cyclic N) is 1. The van der Waals surface area contributed by atoms with Crippen molar-refractivity contribution in [2.24, 2.45) is 0 Å². The van der Waals surface area contributed by atoms with E-state index < -0.39 is 11.4 Å². The average Bonchev–Trinajstić information content (AvgIpc) is 2.96. The Kier molecular flexibility index (Phi) is 4.53. The summed E-state index contributed by atoms with van der Waals surface area (Å²) in [6.07, 6.45) is 0.430. The van der Waals surface area contributed by atoms with Gasteiger partial charge in [0, 0.05) is 12.1 Å². The number of carbonyl (C=O) groups is 1. The van der Waals surface area contributed by atoms with Gasteiger partial charge in [0.1, 0.15) is 23.8 Å². The minimum Gasteiger partial charge on any atom is -0.490 e. The van der Waals surface area contributed by atoms with Crippen molar-refractivity contribution in [3.63, 3.8) is 0 Å². The molecular formula is C19H20FNO3. The summed E-state index contributed by atoms with van der Waals surface area (Å²) in [6.45, 7) is 2.65. The molecule has 0 unspecified atom stereocenters. The molecule has 24 heavy (non-hydrogen) atoms. The van der Waals surface area contributed by atoms with Crippen molar-refractivity contribution < 1.29 is 19.0 Å². The van der Waals surface area contributed by atoms with E-state index in [4.69, 9.17) is 4.74 Å². The van der Waals surface area contributed by atoms with Crippen molar-refractivity contribution in [1.82, 2.24) is 4.90 Å². The first-order valence-corrected chi connectivity index (χ1v) is 7.92. The molecule has 1 amide bonds. The Labute approximate surface area is 140 Å². The Balaban J connectivity index is 1.63. The SMILES string of the molecule is Cc1ccccc1OC[C@@]1(O)CCN(C(=O)c2cccc(F)c2)C1. The van der Waals surface area contributed by atoms with Crippen molar-refractivity contribution in [3.8, 4) is 5.75 Å². The minimum atomic E-state index is -1.09. The van der Waals surface area contributed by atoms with Crippen LogP contribution in [0.15, 0.2) is 48.5 Å². The number of likely N-dealkylation sites (tertiary alicyclic amines) is 1. The van der Waals surface area contributed by atoms with Gasteiger partial charge in [-0.05, 0) is 43.2 Å². The van der Waals surface area contributed by atoms with Gasteiger partial charge >= 0.3 is 0 Å². The molecule has 0 radical (unpaired) electrons. The predicted molar refractivity (Wildman–Crippen MR) is 88.5 cm³/mol.